The number of piperidine rings is 1. The molecule has 23 heavy (non-hydrogen) atoms. The molecule has 1 saturated heterocycles. The van der Waals surface area contributed by atoms with Crippen LogP contribution in [0.1, 0.15) is 39.2 Å². The highest BCUT2D eigenvalue weighted by Gasteiger charge is 2.19. The SMILES string of the molecule is COc1ccc(NC(=O)OC(C)(C)C)c(CC2CCCNC2)c1. The first kappa shape index (κ1) is 17.6. The average Bonchev–Trinajstić information content (AvgIpc) is 2.48. The number of anilines is 1. The highest BCUT2D eigenvalue weighted by Crippen LogP contribution is 2.27. The van der Waals surface area contributed by atoms with Crippen molar-refractivity contribution in [1.29, 1.82) is 0 Å². The average molecular weight is 320 g/mol. The van der Waals surface area contributed by atoms with Crippen LogP contribution >= 0.6 is 0 Å². The van der Waals surface area contributed by atoms with E-state index in [9.17, 15) is 4.79 Å². The number of benzene rings is 1. The fraction of sp³-hybridized carbons (Fsp3) is 0.611. The van der Waals surface area contributed by atoms with Crippen LogP contribution in [0.5, 0.6) is 5.75 Å². The van der Waals surface area contributed by atoms with Crippen LogP contribution in [-0.4, -0.2) is 31.9 Å². The van der Waals surface area contributed by atoms with Crippen molar-refractivity contribution in [2.75, 3.05) is 25.5 Å². The minimum absolute atomic E-state index is 0.425. The van der Waals surface area contributed by atoms with Gasteiger partial charge in [0.15, 0.2) is 0 Å². The minimum atomic E-state index is -0.510. The van der Waals surface area contributed by atoms with Crippen LogP contribution in [0, 0.1) is 5.92 Å². The van der Waals surface area contributed by atoms with E-state index in [0.717, 1.165) is 36.5 Å². The summed E-state index contributed by atoms with van der Waals surface area (Å²) < 4.78 is 10.7. The van der Waals surface area contributed by atoms with Gasteiger partial charge in [-0.1, -0.05) is 0 Å². The molecule has 5 heteroatoms. The Kier molecular flexibility index (Phi) is 5.88. The van der Waals surface area contributed by atoms with Gasteiger partial charge in [0.05, 0.1) is 7.11 Å². The topological polar surface area (TPSA) is 59.6 Å². The highest BCUT2D eigenvalue weighted by atomic mass is 16.6. The molecular formula is C18H28N2O3. The van der Waals surface area contributed by atoms with Gasteiger partial charge in [0.2, 0.25) is 0 Å². The third-order valence-electron chi connectivity index (χ3n) is 3.86. The Labute approximate surface area is 138 Å². The lowest BCUT2D eigenvalue weighted by Gasteiger charge is -2.24. The lowest BCUT2D eigenvalue weighted by molar-refractivity contribution is 0.0635. The van der Waals surface area contributed by atoms with Gasteiger partial charge in [-0.05, 0) is 82.8 Å². The lowest BCUT2D eigenvalue weighted by atomic mass is 9.91. The summed E-state index contributed by atoms with van der Waals surface area (Å²) in [5, 5.41) is 6.30. The summed E-state index contributed by atoms with van der Waals surface area (Å²) in [4.78, 5) is 12.1. The van der Waals surface area contributed by atoms with Gasteiger partial charge >= 0.3 is 6.09 Å². The summed E-state index contributed by atoms with van der Waals surface area (Å²) in [7, 11) is 1.66. The number of nitrogens with one attached hydrogen (secondary N) is 2. The Morgan fingerprint density at radius 2 is 2.17 bits per heavy atom. The molecule has 0 saturated carbocycles. The van der Waals surface area contributed by atoms with Crippen molar-refractivity contribution in [3.8, 4) is 5.75 Å². The van der Waals surface area contributed by atoms with E-state index in [2.05, 4.69) is 10.6 Å². The van der Waals surface area contributed by atoms with Crippen molar-refractivity contribution in [2.45, 2.75) is 45.6 Å². The second-order valence-corrected chi connectivity index (χ2v) is 7.07. The van der Waals surface area contributed by atoms with Gasteiger partial charge in [-0.3, -0.25) is 5.32 Å². The summed E-state index contributed by atoms with van der Waals surface area (Å²) in [6.45, 7) is 7.68. The first-order valence-corrected chi connectivity index (χ1v) is 8.25. The highest BCUT2D eigenvalue weighted by molar-refractivity contribution is 5.86. The van der Waals surface area contributed by atoms with E-state index >= 15 is 0 Å². The third kappa shape index (κ3) is 5.75. The molecule has 1 heterocycles. The maximum absolute atomic E-state index is 12.1. The molecule has 1 aliphatic rings. The number of methoxy groups -OCH3 is 1. The molecule has 0 spiro atoms. The van der Waals surface area contributed by atoms with Crippen molar-refractivity contribution >= 4 is 11.8 Å². The lowest BCUT2D eigenvalue weighted by Crippen LogP contribution is -2.31. The number of amides is 1. The van der Waals surface area contributed by atoms with Crippen LogP contribution in [0.3, 0.4) is 0 Å². The van der Waals surface area contributed by atoms with E-state index < -0.39 is 11.7 Å². The van der Waals surface area contributed by atoms with E-state index in [-0.39, 0.29) is 0 Å². The van der Waals surface area contributed by atoms with Gasteiger partial charge in [-0.2, -0.15) is 0 Å². The van der Waals surface area contributed by atoms with Gasteiger partial charge in [-0.25, -0.2) is 4.79 Å². The van der Waals surface area contributed by atoms with Crippen molar-refractivity contribution in [1.82, 2.24) is 5.32 Å². The maximum atomic E-state index is 12.1. The van der Waals surface area contributed by atoms with Crippen LogP contribution in [-0.2, 0) is 11.2 Å². The monoisotopic (exact) mass is 320 g/mol. The molecule has 0 radical (unpaired) electrons. The van der Waals surface area contributed by atoms with E-state index in [1.54, 1.807) is 7.11 Å². The van der Waals surface area contributed by atoms with Gasteiger partial charge in [0.1, 0.15) is 11.4 Å². The molecule has 0 aromatic heterocycles. The van der Waals surface area contributed by atoms with Gasteiger partial charge in [0.25, 0.3) is 0 Å². The van der Waals surface area contributed by atoms with Crippen LogP contribution < -0.4 is 15.4 Å². The van der Waals surface area contributed by atoms with Crippen LogP contribution in [0.2, 0.25) is 0 Å². The number of hydrogen-bond acceptors (Lipinski definition) is 4. The fourth-order valence-electron chi connectivity index (χ4n) is 2.81. The van der Waals surface area contributed by atoms with E-state index in [4.69, 9.17) is 9.47 Å². The number of carbonyl (C=O) groups excluding carboxylic acids is 1. The Morgan fingerprint density at radius 3 is 2.78 bits per heavy atom. The third-order valence-corrected chi connectivity index (χ3v) is 3.86. The first-order valence-electron chi connectivity index (χ1n) is 8.25. The quantitative estimate of drug-likeness (QED) is 0.890. The van der Waals surface area contributed by atoms with E-state index in [1.807, 2.05) is 39.0 Å². The zero-order chi connectivity index (χ0) is 16.9. The predicted molar refractivity (Wildman–Crippen MR) is 92.1 cm³/mol. The molecule has 1 aromatic rings. The van der Waals surface area contributed by atoms with Crippen LogP contribution in [0.4, 0.5) is 10.5 Å². The summed E-state index contributed by atoms with van der Waals surface area (Å²) >= 11 is 0. The Balaban J connectivity index is 2.12. The smallest absolute Gasteiger partial charge is 0.412 e. The molecule has 1 aliphatic heterocycles. The summed E-state index contributed by atoms with van der Waals surface area (Å²) in [5.74, 6) is 1.38. The van der Waals surface area contributed by atoms with E-state index in [0.29, 0.717) is 5.92 Å². The molecule has 1 atom stereocenters. The second kappa shape index (κ2) is 7.68. The molecule has 1 unspecified atom stereocenters. The maximum Gasteiger partial charge on any atom is 0.412 e. The largest absolute Gasteiger partial charge is 0.497 e. The summed E-state index contributed by atoms with van der Waals surface area (Å²) in [5.41, 5.74) is 1.37. The second-order valence-electron chi connectivity index (χ2n) is 7.07. The van der Waals surface area contributed by atoms with Gasteiger partial charge in [-0.15, -0.1) is 0 Å². The number of ether oxygens (including phenoxy) is 2. The molecular weight excluding hydrogens is 292 g/mol. The molecule has 1 amide bonds. The number of hydrogen-bond donors (Lipinski definition) is 2. The number of rotatable bonds is 4. The Bertz CT molecular complexity index is 532. The molecule has 2 rings (SSSR count). The minimum Gasteiger partial charge on any atom is -0.497 e. The molecule has 1 aromatic carbocycles. The normalized spacial score (nSPS) is 18.3. The van der Waals surface area contributed by atoms with Gasteiger partial charge < -0.3 is 14.8 Å². The summed E-state index contributed by atoms with van der Waals surface area (Å²) in [6, 6.07) is 5.74. The van der Waals surface area contributed by atoms with Crippen molar-refractivity contribution in [2.24, 2.45) is 5.92 Å². The van der Waals surface area contributed by atoms with Crippen LogP contribution in [0.25, 0.3) is 0 Å². The zero-order valence-corrected chi connectivity index (χ0v) is 14.6. The molecule has 1 fully saturated rings. The Hall–Kier alpha value is -1.75. The Morgan fingerprint density at radius 1 is 1.39 bits per heavy atom. The molecule has 0 aliphatic carbocycles. The van der Waals surface area contributed by atoms with Gasteiger partial charge in [0, 0.05) is 5.69 Å². The predicted octanol–water partition coefficient (Wildman–Crippen LogP) is 3.58. The molecule has 0 bridgehead atoms. The standard InChI is InChI=1S/C18H28N2O3/c1-18(2,3)23-17(21)20-16-8-7-15(22-4)11-14(16)10-13-6-5-9-19-12-13/h7-8,11,13,19H,5-6,9-10,12H2,1-4H3,(H,20,21). The molecule has 2 N–H and O–H groups in total. The molecule has 128 valence electrons. The van der Waals surface area contributed by atoms with Crippen molar-refractivity contribution in [3.05, 3.63) is 23.8 Å². The van der Waals surface area contributed by atoms with E-state index in [1.165, 1.54) is 12.8 Å². The first-order chi connectivity index (χ1) is 10.9. The van der Waals surface area contributed by atoms with Crippen molar-refractivity contribution < 1.29 is 14.3 Å². The molecule has 5 nitrogen and oxygen atoms in total. The fourth-order valence-corrected chi connectivity index (χ4v) is 2.81. The zero-order valence-electron chi connectivity index (χ0n) is 14.6. The summed E-state index contributed by atoms with van der Waals surface area (Å²) in [6.07, 6.45) is 2.89. The van der Waals surface area contributed by atoms with Crippen LogP contribution in [0.15, 0.2) is 18.2 Å². The number of carbonyl (C=O) groups is 1. The van der Waals surface area contributed by atoms with Crippen molar-refractivity contribution in [3.63, 3.8) is 0 Å².